The summed E-state index contributed by atoms with van der Waals surface area (Å²) in [5.74, 6) is -5.27. The van der Waals surface area contributed by atoms with E-state index in [1.165, 1.54) is 6.42 Å². The molecular weight excluding hydrogens is 490 g/mol. The van der Waals surface area contributed by atoms with Crippen molar-refractivity contribution in [1.82, 2.24) is 0 Å². The first-order valence-electron chi connectivity index (χ1n) is 12.3. The molecule has 7 aliphatic rings. The molecule has 6 saturated carbocycles. The summed E-state index contributed by atoms with van der Waals surface area (Å²) < 4.78 is 76.5. The second kappa shape index (κ2) is 7.36. The fraction of sp³-hybridized carbons (Fsp3) is 0.870. The third-order valence-corrected chi connectivity index (χ3v) is 10.8. The molecule has 1 saturated heterocycles. The lowest BCUT2D eigenvalue weighted by molar-refractivity contribution is -0.218. The summed E-state index contributed by atoms with van der Waals surface area (Å²) in [6.45, 7) is 1.99. The minimum absolute atomic E-state index is 0.213. The van der Waals surface area contributed by atoms with Gasteiger partial charge in [0.2, 0.25) is 0 Å². The molecule has 6 atom stereocenters. The Morgan fingerprint density at radius 1 is 1.09 bits per heavy atom. The molecule has 1 heterocycles. The average molecular weight is 518 g/mol. The number of rotatable bonds is 6. The summed E-state index contributed by atoms with van der Waals surface area (Å²) in [7, 11) is -6.31. The third kappa shape index (κ3) is 3.10. The molecule has 35 heavy (non-hydrogen) atoms. The van der Waals surface area contributed by atoms with Crippen LogP contribution in [0.1, 0.15) is 51.9 Å². The Kier molecular flexibility index (Phi) is 4.96. The van der Waals surface area contributed by atoms with E-state index < -0.39 is 74.8 Å². The topological polar surface area (TPSA) is 136 Å². The molecule has 0 aromatic heterocycles. The van der Waals surface area contributed by atoms with Crippen LogP contribution in [0.25, 0.3) is 0 Å². The van der Waals surface area contributed by atoms with Gasteiger partial charge in [-0.05, 0) is 68.6 Å². The first-order valence-corrected chi connectivity index (χ1v) is 13.8. The van der Waals surface area contributed by atoms with Gasteiger partial charge in [0.05, 0.1) is 11.8 Å². The molecule has 0 spiro atoms. The van der Waals surface area contributed by atoms with Crippen molar-refractivity contribution in [3.63, 3.8) is 0 Å². The fourth-order valence-corrected chi connectivity index (χ4v) is 9.07. The van der Waals surface area contributed by atoms with Crippen LogP contribution in [0.15, 0.2) is 0 Å². The van der Waals surface area contributed by atoms with Crippen LogP contribution in [0.4, 0.5) is 8.78 Å². The molecule has 9 nitrogen and oxygen atoms in total. The van der Waals surface area contributed by atoms with Crippen LogP contribution < -0.4 is 0 Å². The van der Waals surface area contributed by atoms with Crippen LogP contribution in [-0.2, 0) is 38.7 Å². The number of hydrogen-bond donors (Lipinski definition) is 0. The normalized spacial score (nSPS) is 47.1. The number of alkyl halides is 2. The molecule has 12 heteroatoms. The maximum atomic E-state index is 13.8. The number of fused-ring (bicyclic) bond motifs is 1. The van der Waals surface area contributed by atoms with Crippen LogP contribution in [0, 0.1) is 47.3 Å². The molecular formula is C23H27F2O9S-. The Balaban J connectivity index is 1.26. The molecule has 7 rings (SSSR count). The summed E-state index contributed by atoms with van der Waals surface area (Å²) in [4.78, 5) is 38.2. The van der Waals surface area contributed by atoms with Crippen LogP contribution >= 0.6 is 0 Å². The number of hydrogen-bond acceptors (Lipinski definition) is 9. The van der Waals surface area contributed by atoms with Crippen molar-refractivity contribution in [3.8, 4) is 0 Å². The zero-order valence-corrected chi connectivity index (χ0v) is 19.9. The lowest BCUT2D eigenvalue weighted by Crippen LogP contribution is -2.60. The third-order valence-electron chi connectivity index (χ3n) is 9.98. The molecule has 6 aliphatic carbocycles. The average Bonchev–Trinajstić information content (AvgIpc) is 3.38. The van der Waals surface area contributed by atoms with E-state index in [1.54, 1.807) is 0 Å². The lowest BCUT2D eigenvalue weighted by Gasteiger charge is -2.60. The number of ether oxygens (including phenoxy) is 3. The highest BCUT2D eigenvalue weighted by atomic mass is 32.2. The maximum Gasteiger partial charge on any atom is 0.428 e. The number of esters is 3. The van der Waals surface area contributed by atoms with Gasteiger partial charge in [0.1, 0.15) is 17.8 Å². The van der Waals surface area contributed by atoms with Crippen LogP contribution in [0.5, 0.6) is 0 Å². The van der Waals surface area contributed by atoms with Crippen LogP contribution in [0.3, 0.4) is 0 Å². The highest BCUT2D eigenvalue weighted by Gasteiger charge is 2.71. The van der Waals surface area contributed by atoms with Crippen molar-refractivity contribution in [2.24, 2.45) is 47.3 Å². The second-order valence-corrected chi connectivity index (χ2v) is 12.8. The van der Waals surface area contributed by atoms with Gasteiger partial charge in [-0.3, -0.25) is 9.59 Å². The Morgan fingerprint density at radius 2 is 1.69 bits per heavy atom. The van der Waals surface area contributed by atoms with E-state index in [2.05, 4.69) is 0 Å². The van der Waals surface area contributed by atoms with Crippen LogP contribution in [-0.4, -0.2) is 53.9 Å². The zero-order valence-electron chi connectivity index (χ0n) is 19.1. The van der Waals surface area contributed by atoms with Gasteiger partial charge in [-0.25, -0.2) is 13.2 Å². The summed E-state index contributed by atoms with van der Waals surface area (Å²) >= 11 is 0. The zero-order chi connectivity index (χ0) is 25.1. The molecule has 6 unspecified atom stereocenters. The molecule has 0 amide bonds. The number of carbonyl (C=O) groups excluding carboxylic acids is 3. The Bertz CT molecular complexity index is 1060. The lowest BCUT2D eigenvalue weighted by atomic mass is 9.49. The quantitative estimate of drug-likeness (QED) is 0.294. The standard InChI is InChI=1S/C23H28F2O9S/c1-2-22(11-4-9-3-10(6-11)7-12(22)5-9)34-20(27)16-14-8-13-15(16)19(26)32-17(13)18(14)33-21(28)23(24,25)35(29,30)31/h9-18H,2-8H2,1H3,(H,29,30,31)/p-1. The number of carbonyl (C=O) groups is 3. The number of halogens is 2. The molecule has 1 aliphatic heterocycles. The van der Waals surface area contributed by atoms with Gasteiger partial charge in [0, 0.05) is 11.8 Å². The predicted octanol–water partition coefficient (Wildman–Crippen LogP) is 1.99. The van der Waals surface area contributed by atoms with Crippen molar-refractivity contribution in [3.05, 3.63) is 0 Å². The van der Waals surface area contributed by atoms with Crippen molar-refractivity contribution in [2.45, 2.75) is 74.9 Å². The monoisotopic (exact) mass is 517 g/mol. The van der Waals surface area contributed by atoms with Crippen molar-refractivity contribution in [1.29, 1.82) is 0 Å². The fourth-order valence-electron chi connectivity index (χ4n) is 8.82. The van der Waals surface area contributed by atoms with E-state index in [0.29, 0.717) is 18.3 Å². The van der Waals surface area contributed by atoms with Gasteiger partial charge in [-0.2, -0.15) is 8.78 Å². The van der Waals surface area contributed by atoms with Gasteiger partial charge >= 0.3 is 23.2 Å². The van der Waals surface area contributed by atoms with E-state index in [4.69, 9.17) is 14.2 Å². The van der Waals surface area contributed by atoms with E-state index in [-0.39, 0.29) is 18.3 Å². The maximum absolute atomic E-state index is 13.8. The minimum atomic E-state index is -6.31. The molecule has 0 aromatic carbocycles. The smallest absolute Gasteiger partial charge is 0.428 e. The van der Waals surface area contributed by atoms with Gasteiger partial charge in [0.15, 0.2) is 10.1 Å². The summed E-state index contributed by atoms with van der Waals surface area (Å²) in [5, 5.41) is -5.29. The predicted molar refractivity (Wildman–Crippen MR) is 109 cm³/mol. The highest BCUT2D eigenvalue weighted by molar-refractivity contribution is 7.87. The first kappa shape index (κ1) is 23.6. The Morgan fingerprint density at radius 3 is 2.23 bits per heavy atom. The van der Waals surface area contributed by atoms with Crippen molar-refractivity contribution < 1.29 is 50.3 Å². The van der Waals surface area contributed by atoms with Crippen molar-refractivity contribution >= 4 is 28.0 Å². The minimum Gasteiger partial charge on any atom is -0.743 e. The summed E-state index contributed by atoms with van der Waals surface area (Å²) in [6, 6.07) is 0. The molecule has 0 N–H and O–H groups in total. The second-order valence-electron chi connectivity index (χ2n) is 11.4. The molecule has 7 fully saturated rings. The molecule has 0 aromatic rings. The summed E-state index contributed by atoms with van der Waals surface area (Å²) in [6.07, 6.45) is 3.55. The van der Waals surface area contributed by atoms with Gasteiger partial charge in [-0.15, -0.1) is 0 Å². The molecule has 0 radical (unpaired) electrons. The molecule has 6 bridgehead atoms. The van der Waals surface area contributed by atoms with E-state index in [9.17, 15) is 36.1 Å². The summed E-state index contributed by atoms with van der Waals surface area (Å²) in [5.41, 5.74) is -0.635. The van der Waals surface area contributed by atoms with Gasteiger partial charge in [-0.1, -0.05) is 6.92 Å². The SMILES string of the molecule is CCC1(OC(=O)C2C3CC4C(OC(=O)C42)C3OC(=O)C(F)(F)S(=O)(=O)[O-])C2CC3CC(C2)CC1C3. The van der Waals surface area contributed by atoms with E-state index >= 15 is 0 Å². The largest absolute Gasteiger partial charge is 0.743 e. The Labute approximate surface area is 201 Å². The first-order chi connectivity index (χ1) is 16.4. The van der Waals surface area contributed by atoms with Gasteiger partial charge < -0.3 is 18.8 Å². The van der Waals surface area contributed by atoms with Crippen molar-refractivity contribution in [2.75, 3.05) is 0 Å². The van der Waals surface area contributed by atoms with E-state index in [0.717, 1.165) is 25.7 Å². The molecule has 194 valence electrons. The Hall–Kier alpha value is -1.82. The highest BCUT2D eigenvalue weighted by Crippen LogP contribution is 2.63. The van der Waals surface area contributed by atoms with Gasteiger partial charge in [0.25, 0.3) is 0 Å². The van der Waals surface area contributed by atoms with E-state index in [1.807, 2.05) is 6.92 Å². The van der Waals surface area contributed by atoms with Crippen LogP contribution in [0.2, 0.25) is 0 Å².